The molecule has 1 N–H and O–H groups in total. The number of aromatic nitrogens is 2. The average molecular weight is 169 g/mol. The number of aryl methyl sites for hydroxylation is 1. The summed E-state index contributed by atoms with van der Waals surface area (Å²) in [5.41, 5.74) is 2.67. The third-order valence-corrected chi connectivity index (χ3v) is 1.54. The Balaban J connectivity index is 2.61. The molecule has 0 saturated heterocycles. The summed E-state index contributed by atoms with van der Waals surface area (Å²) in [7, 11) is 0. The molecular formula is C7H13N4O-. The monoisotopic (exact) mass is 169 g/mol. The highest BCUT2D eigenvalue weighted by atomic mass is 16.5. The zero-order valence-corrected chi connectivity index (χ0v) is 7.32. The molecule has 0 amide bonds. The van der Waals surface area contributed by atoms with Gasteiger partial charge in [0.05, 0.1) is 6.20 Å². The van der Waals surface area contributed by atoms with Crippen LogP contribution in [0.1, 0.15) is 13.8 Å². The van der Waals surface area contributed by atoms with E-state index in [-0.39, 0.29) is 0 Å². The third kappa shape index (κ3) is 1.96. The maximum Gasteiger partial charge on any atom is 0.137 e. The molecule has 0 aliphatic carbocycles. The van der Waals surface area contributed by atoms with E-state index in [1.54, 1.807) is 23.9 Å². The quantitative estimate of drug-likeness (QED) is 0.684. The van der Waals surface area contributed by atoms with Crippen molar-refractivity contribution in [1.82, 2.24) is 15.0 Å². The highest BCUT2D eigenvalue weighted by Crippen LogP contribution is 2.05. The van der Waals surface area contributed by atoms with Crippen molar-refractivity contribution in [1.29, 1.82) is 0 Å². The van der Waals surface area contributed by atoms with Gasteiger partial charge in [-0.15, -0.1) is 0 Å². The van der Waals surface area contributed by atoms with Gasteiger partial charge in [0.2, 0.25) is 0 Å². The van der Waals surface area contributed by atoms with Crippen LogP contribution >= 0.6 is 0 Å². The molecule has 1 heterocycles. The van der Waals surface area contributed by atoms with Gasteiger partial charge in [0.25, 0.3) is 0 Å². The molecule has 0 unspecified atom stereocenters. The van der Waals surface area contributed by atoms with E-state index in [2.05, 4.69) is 10.5 Å². The molecule has 5 nitrogen and oxygen atoms in total. The minimum absolute atomic E-state index is 0.412. The van der Waals surface area contributed by atoms with Gasteiger partial charge < -0.3 is 10.6 Å². The van der Waals surface area contributed by atoms with Gasteiger partial charge in [-0.1, -0.05) is 6.92 Å². The average Bonchev–Trinajstić information content (AvgIpc) is 2.51. The van der Waals surface area contributed by atoms with E-state index in [0.29, 0.717) is 6.54 Å². The molecule has 68 valence electrons. The Morgan fingerprint density at radius 1 is 1.67 bits per heavy atom. The number of hydrogen-bond acceptors (Lipinski definition) is 4. The molecule has 0 aliphatic heterocycles. The van der Waals surface area contributed by atoms with Gasteiger partial charge in [0.15, 0.2) is 0 Å². The molecule has 0 atom stereocenters. The van der Waals surface area contributed by atoms with Crippen molar-refractivity contribution in [3.05, 3.63) is 17.5 Å². The molecule has 0 aliphatic rings. The molecule has 0 bridgehead atoms. The number of hydrogen-bond donors (Lipinski definition) is 1. The first kappa shape index (κ1) is 9.02. The predicted octanol–water partition coefficient (Wildman–Crippen LogP) is 1.05. The van der Waals surface area contributed by atoms with E-state index in [1.165, 1.54) is 0 Å². The lowest BCUT2D eigenvalue weighted by Gasteiger charge is -2.27. The summed E-state index contributed by atoms with van der Waals surface area (Å²) in [5.74, 6) is 0.731. The Morgan fingerprint density at radius 3 is 3.00 bits per heavy atom. The fourth-order valence-corrected chi connectivity index (χ4v) is 0.886. The van der Waals surface area contributed by atoms with Crippen LogP contribution in [0, 0.1) is 5.21 Å². The number of nitrogens with one attached hydrogen (secondary N) is 1. The van der Waals surface area contributed by atoms with Crippen LogP contribution in [0.2, 0.25) is 0 Å². The van der Waals surface area contributed by atoms with E-state index in [0.717, 1.165) is 17.5 Å². The molecule has 0 spiro atoms. The van der Waals surface area contributed by atoms with E-state index in [1.807, 2.05) is 6.92 Å². The van der Waals surface area contributed by atoms with E-state index in [9.17, 15) is 5.21 Å². The van der Waals surface area contributed by atoms with Crippen molar-refractivity contribution in [2.75, 3.05) is 12.0 Å². The molecule has 1 aromatic rings. The van der Waals surface area contributed by atoms with Crippen LogP contribution in [0.15, 0.2) is 12.3 Å². The second-order valence-corrected chi connectivity index (χ2v) is 2.34. The van der Waals surface area contributed by atoms with E-state index < -0.39 is 0 Å². The largest absolute Gasteiger partial charge is 0.767 e. The predicted molar refractivity (Wildman–Crippen MR) is 47.3 cm³/mol. The Morgan fingerprint density at radius 2 is 2.42 bits per heavy atom. The Bertz CT molecular complexity index is 235. The van der Waals surface area contributed by atoms with E-state index >= 15 is 0 Å². The highest BCUT2D eigenvalue weighted by Gasteiger charge is 1.97. The first-order valence-electron chi connectivity index (χ1n) is 4.01. The lowest BCUT2D eigenvalue weighted by Crippen LogP contribution is -2.24. The van der Waals surface area contributed by atoms with Gasteiger partial charge in [-0.05, 0) is 6.92 Å². The van der Waals surface area contributed by atoms with Crippen molar-refractivity contribution in [3.8, 4) is 0 Å². The SMILES string of the molecule is CCN([O-])Nc1ccnn1CC. The van der Waals surface area contributed by atoms with Crippen molar-refractivity contribution in [2.24, 2.45) is 0 Å². The van der Waals surface area contributed by atoms with E-state index in [4.69, 9.17) is 0 Å². The molecule has 0 radical (unpaired) electrons. The zero-order valence-electron chi connectivity index (χ0n) is 7.32. The molecule has 1 aromatic heterocycles. The molecular weight excluding hydrogens is 156 g/mol. The maximum absolute atomic E-state index is 10.9. The zero-order chi connectivity index (χ0) is 8.97. The van der Waals surface area contributed by atoms with Crippen molar-refractivity contribution in [2.45, 2.75) is 20.4 Å². The van der Waals surface area contributed by atoms with Crippen LogP contribution in [0.25, 0.3) is 0 Å². The summed E-state index contributed by atoms with van der Waals surface area (Å²) in [5, 5.41) is 15.7. The van der Waals surface area contributed by atoms with Gasteiger partial charge in [0.1, 0.15) is 5.82 Å². The van der Waals surface area contributed by atoms with Crippen LogP contribution in [0.4, 0.5) is 5.82 Å². The van der Waals surface area contributed by atoms with Gasteiger partial charge in [-0.3, -0.25) is 5.17 Å². The topological polar surface area (TPSA) is 56.1 Å². The van der Waals surface area contributed by atoms with Crippen molar-refractivity contribution >= 4 is 5.82 Å². The maximum atomic E-state index is 10.9. The lowest BCUT2D eigenvalue weighted by molar-refractivity contribution is 0.466. The molecule has 0 saturated carbocycles. The highest BCUT2D eigenvalue weighted by molar-refractivity contribution is 5.32. The summed E-state index contributed by atoms with van der Waals surface area (Å²) in [6.45, 7) is 4.92. The lowest BCUT2D eigenvalue weighted by atomic mass is 10.6. The molecule has 1 rings (SSSR count). The summed E-state index contributed by atoms with van der Waals surface area (Å²) >= 11 is 0. The van der Waals surface area contributed by atoms with Crippen LogP contribution in [0.5, 0.6) is 0 Å². The summed E-state index contributed by atoms with van der Waals surface area (Å²) in [6, 6.07) is 1.77. The second-order valence-electron chi connectivity index (χ2n) is 2.34. The number of anilines is 1. The standard InChI is InChI=1S/C7H13N4O/c1-3-10-7(5-6-8-10)9-11(12)4-2/h5-6,9H,3-4H2,1-2H3/q-1. The summed E-state index contributed by atoms with van der Waals surface area (Å²) in [6.07, 6.45) is 1.66. The van der Waals surface area contributed by atoms with Gasteiger partial charge in [0, 0.05) is 19.2 Å². The van der Waals surface area contributed by atoms with Crippen LogP contribution < -0.4 is 5.43 Å². The molecule has 12 heavy (non-hydrogen) atoms. The first-order valence-corrected chi connectivity index (χ1v) is 4.01. The minimum Gasteiger partial charge on any atom is -0.767 e. The van der Waals surface area contributed by atoms with Crippen molar-refractivity contribution < 1.29 is 0 Å². The Labute approximate surface area is 71.5 Å². The van der Waals surface area contributed by atoms with Crippen LogP contribution in [0.3, 0.4) is 0 Å². The van der Waals surface area contributed by atoms with Gasteiger partial charge in [-0.2, -0.15) is 5.10 Å². The van der Waals surface area contributed by atoms with Gasteiger partial charge >= 0.3 is 0 Å². The number of rotatable bonds is 4. The smallest absolute Gasteiger partial charge is 0.137 e. The first-order chi connectivity index (χ1) is 5.77. The second kappa shape index (κ2) is 4.08. The fraction of sp³-hybridized carbons (Fsp3) is 0.571. The number of hydroxylamine groups is 1. The minimum atomic E-state index is 0.412. The molecule has 5 heteroatoms. The van der Waals surface area contributed by atoms with Crippen LogP contribution in [-0.4, -0.2) is 21.5 Å². The summed E-state index contributed by atoms with van der Waals surface area (Å²) < 4.78 is 1.72. The Kier molecular flexibility index (Phi) is 3.07. The van der Waals surface area contributed by atoms with Crippen molar-refractivity contribution in [3.63, 3.8) is 0 Å². The molecule has 0 aromatic carbocycles. The number of nitrogens with zero attached hydrogens (tertiary/aromatic N) is 3. The number of hydrazine groups is 1. The Hall–Kier alpha value is -1.07. The third-order valence-electron chi connectivity index (χ3n) is 1.54. The summed E-state index contributed by atoms with van der Waals surface area (Å²) in [4.78, 5) is 0. The van der Waals surface area contributed by atoms with Crippen LogP contribution in [-0.2, 0) is 6.54 Å². The fourth-order valence-electron chi connectivity index (χ4n) is 0.886. The normalized spacial score (nSPS) is 10.7. The van der Waals surface area contributed by atoms with Gasteiger partial charge in [-0.25, -0.2) is 4.68 Å². The molecule has 0 fully saturated rings.